The minimum Gasteiger partial charge on any atom is -0.468 e. The van der Waals surface area contributed by atoms with Gasteiger partial charge in [0.2, 0.25) is 5.91 Å². The number of amides is 1. The van der Waals surface area contributed by atoms with E-state index in [1.165, 1.54) is 5.57 Å². The molecule has 1 amide bonds. The number of hydrogen-bond acceptors (Lipinski definition) is 3. The van der Waals surface area contributed by atoms with Crippen LogP contribution in [0.4, 0.5) is 5.69 Å². The van der Waals surface area contributed by atoms with E-state index in [4.69, 9.17) is 0 Å². The van der Waals surface area contributed by atoms with Crippen LogP contribution in [0.25, 0.3) is 5.57 Å². The maximum absolute atomic E-state index is 11.8. The van der Waals surface area contributed by atoms with Crippen LogP contribution in [0.3, 0.4) is 0 Å². The third kappa shape index (κ3) is 13.3. The molecule has 1 N–H and O–H groups in total. The van der Waals surface area contributed by atoms with Gasteiger partial charge in [-0.25, -0.2) is 0 Å². The molecule has 0 atom stereocenters. The predicted octanol–water partition coefficient (Wildman–Crippen LogP) is 1.73. The molecule has 0 fully saturated rings. The number of ether oxygens (including phenoxy) is 1. The van der Waals surface area contributed by atoms with Gasteiger partial charge >= 0.3 is 68.9 Å². The molecular weight excluding hydrogens is 423 g/mol. The first-order valence-electron chi connectivity index (χ1n) is 7.53. The van der Waals surface area contributed by atoms with Crippen molar-refractivity contribution in [2.45, 2.75) is 41.0 Å². The fourth-order valence-electron chi connectivity index (χ4n) is 1.73. The van der Waals surface area contributed by atoms with Gasteiger partial charge < -0.3 is 17.5 Å². The zero-order valence-electron chi connectivity index (χ0n) is 16.2. The number of carbonyl (C=O) groups is 2. The molecule has 1 rings (SSSR count). The second-order valence-corrected chi connectivity index (χ2v) is 5.21. The largest absolute Gasteiger partial charge is 1.00 e. The van der Waals surface area contributed by atoms with Crippen LogP contribution in [0.1, 0.15) is 46.6 Å². The number of nitrogens with one attached hydrogen (secondary N) is 1. The summed E-state index contributed by atoms with van der Waals surface area (Å²) in [6.45, 7) is 10.8. The zero-order valence-corrected chi connectivity index (χ0v) is 22.5. The van der Waals surface area contributed by atoms with Gasteiger partial charge in [0.05, 0.1) is 6.61 Å². The molecule has 0 aliphatic rings. The number of allylic oxidation sites excluding steroid dienone is 2. The summed E-state index contributed by atoms with van der Waals surface area (Å²) in [6.07, 6.45) is 2.61. The van der Waals surface area contributed by atoms with E-state index in [0.717, 1.165) is 11.3 Å². The molecule has 0 saturated carbocycles. The fraction of sp³-hybridized carbons (Fsp3) is 0.421. The average Bonchev–Trinajstić information content (AvgIpc) is 2.47. The van der Waals surface area contributed by atoms with Gasteiger partial charge in [0, 0.05) is 17.7 Å². The third-order valence-corrected chi connectivity index (χ3v) is 2.89. The van der Waals surface area contributed by atoms with Crippen LogP contribution in [0.2, 0.25) is 0 Å². The maximum Gasteiger partial charge on any atom is 1.00 e. The molecule has 5 heteroatoms. The van der Waals surface area contributed by atoms with Crippen LogP contribution < -0.4 is 74.2 Å². The standard InChI is InChI=1S/C15H21NO.C3H6O2.CH3.Cs/c1-5-12(4)13-8-6-7-9-14(13)16-15(17)10-11(2)3;1-2-5-3-4;;/h5-9,11H,10H2,1-4H3,(H,16,17);3H,2H2,1H3;1H3;/q;;-1;+1/b12-5+;;;. The van der Waals surface area contributed by atoms with Crippen LogP contribution in [0, 0.1) is 13.3 Å². The van der Waals surface area contributed by atoms with Gasteiger partial charge in [-0.3, -0.25) is 9.59 Å². The van der Waals surface area contributed by atoms with E-state index in [1.54, 1.807) is 6.92 Å². The number of anilines is 1. The normalized spacial score (nSPS) is 9.67. The van der Waals surface area contributed by atoms with E-state index in [9.17, 15) is 9.59 Å². The molecule has 0 saturated heterocycles. The molecule has 0 aliphatic heterocycles. The van der Waals surface area contributed by atoms with Crippen molar-refractivity contribution in [3.8, 4) is 0 Å². The number of para-hydroxylation sites is 1. The van der Waals surface area contributed by atoms with Gasteiger partial charge in [0.25, 0.3) is 6.47 Å². The van der Waals surface area contributed by atoms with Crippen LogP contribution in [0.5, 0.6) is 0 Å². The molecule has 1 aromatic carbocycles. The Kier molecular flexibility index (Phi) is 21.3. The Morgan fingerprint density at radius 1 is 1.29 bits per heavy atom. The quantitative estimate of drug-likeness (QED) is 0.528. The molecule has 0 bridgehead atoms. The van der Waals surface area contributed by atoms with Crippen molar-refractivity contribution in [2.24, 2.45) is 5.92 Å². The summed E-state index contributed by atoms with van der Waals surface area (Å²) < 4.78 is 4.15. The van der Waals surface area contributed by atoms with E-state index in [1.807, 2.05) is 58.0 Å². The van der Waals surface area contributed by atoms with Gasteiger partial charge in [-0.2, -0.15) is 0 Å². The first-order valence-corrected chi connectivity index (χ1v) is 7.53. The van der Waals surface area contributed by atoms with E-state index < -0.39 is 0 Å². The summed E-state index contributed by atoms with van der Waals surface area (Å²) in [5.41, 5.74) is 3.16. The smallest absolute Gasteiger partial charge is 0.468 e. The Morgan fingerprint density at radius 3 is 2.29 bits per heavy atom. The maximum atomic E-state index is 11.8. The van der Waals surface area contributed by atoms with E-state index in [-0.39, 0.29) is 82.2 Å². The first-order chi connectivity index (χ1) is 10.5. The molecule has 0 aromatic heterocycles. The van der Waals surface area contributed by atoms with Crippen LogP contribution in [0.15, 0.2) is 30.3 Å². The molecular formula is C19H30CsNO3. The van der Waals surface area contributed by atoms with E-state index in [0.29, 0.717) is 25.4 Å². The summed E-state index contributed by atoms with van der Waals surface area (Å²) in [5.74, 6) is 0.460. The van der Waals surface area contributed by atoms with Crippen LogP contribution in [-0.2, 0) is 14.3 Å². The molecule has 0 spiro atoms. The topological polar surface area (TPSA) is 55.4 Å². The van der Waals surface area contributed by atoms with Gasteiger partial charge in [-0.05, 0) is 38.3 Å². The van der Waals surface area contributed by atoms with Crippen molar-refractivity contribution in [3.05, 3.63) is 43.3 Å². The van der Waals surface area contributed by atoms with Crippen molar-refractivity contribution in [1.29, 1.82) is 0 Å². The second-order valence-electron chi connectivity index (χ2n) is 5.21. The summed E-state index contributed by atoms with van der Waals surface area (Å²) in [6, 6.07) is 7.90. The first kappa shape index (κ1) is 28.7. The zero-order chi connectivity index (χ0) is 17.0. The average molecular weight is 453 g/mol. The molecule has 0 aliphatic carbocycles. The fourth-order valence-corrected chi connectivity index (χ4v) is 1.73. The minimum absolute atomic E-state index is 0. The monoisotopic (exact) mass is 453 g/mol. The molecule has 1 aromatic rings. The number of carbonyl (C=O) groups excluding carboxylic acids is 2. The Morgan fingerprint density at radius 2 is 1.88 bits per heavy atom. The van der Waals surface area contributed by atoms with Gasteiger partial charge in [0.15, 0.2) is 0 Å². The van der Waals surface area contributed by atoms with Crippen molar-refractivity contribution >= 4 is 23.6 Å². The van der Waals surface area contributed by atoms with Gasteiger partial charge in [0.1, 0.15) is 0 Å². The van der Waals surface area contributed by atoms with Crippen molar-refractivity contribution in [2.75, 3.05) is 11.9 Å². The minimum atomic E-state index is 0. The van der Waals surface area contributed by atoms with E-state index in [2.05, 4.69) is 10.1 Å². The number of hydrogen-bond donors (Lipinski definition) is 1. The molecule has 0 radical (unpaired) electrons. The molecule has 0 heterocycles. The van der Waals surface area contributed by atoms with Crippen molar-refractivity contribution in [3.63, 3.8) is 0 Å². The Balaban J connectivity index is -0.000000554. The van der Waals surface area contributed by atoms with Crippen molar-refractivity contribution < 1.29 is 83.2 Å². The number of rotatable bonds is 6. The van der Waals surface area contributed by atoms with Crippen LogP contribution >= 0.6 is 0 Å². The van der Waals surface area contributed by atoms with Crippen LogP contribution in [-0.4, -0.2) is 19.0 Å². The number of benzene rings is 1. The van der Waals surface area contributed by atoms with Gasteiger partial charge in [-0.15, -0.1) is 0 Å². The van der Waals surface area contributed by atoms with E-state index >= 15 is 0 Å². The Bertz CT molecular complexity index is 499. The summed E-state index contributed by atoms with van der Waals surface area (Å²) in [5, 5.41) is 2.98. The SMILES string of the molecule is C/C=C(\C)c1ccccc1NC(=O)CC(C)C.CCOC=O.[CH3-].[Cs+]. The summed E-state index contributed by atoms with van der Waals surface area (Å²) in [4.78, 5) is 20.9. The second kappa shape index (κ2) is 17.8. The molecule has 4 nitrogen and oxygen atoms in total. The summed E-state index contributed by atoms with van der Waals surface area (Å²) >= 11 is 0. The summed E-state index contributed by atoms with van der Waals surface area (Å²) in [7, 11) is 0. The molecule has 24 heavy (non-hydrogen) atoms. The molecule has 0 unspecified atom stereocenters. The molecule has 130 valence electrons. The van der Waals surface area contributed by atoms with Crippen molar-refractivity contribution in [1.82, 2.24) is 0 Å². The third-order valence-electron chi connectivity index (χ3n) is 2.89. The van der Waals surface area contributed by atoms with Gasteiger partial charge in [-0.1, -0.05) is 38.1 Å². The predicted molar refractivity (Wildman–Crippen MR) is 98.0 cm³/mol. The Hall–Kier alpha value is -0.0481. The Labute approximate surface area is 206 Å².